The molecular formula is C11H11NO3. The maximum atomic E-state index is 10.7. The van der Waals surface area contributed by atoms with Gasteiger partial charge >= 0.3 is 5.97 Å². The summed E-state index contributed by atoms with van der Waals surface area (Å²) >= 11 is 0. The number of ether oxygens (including phenoxy) is 1. The van der Waals surface area contributed by atoms with Gasteiger partial charge in [-0.05, 0) is 25.5 Å². The second-order valence-corrected chi connectivity index (χ2v) is 3.07. The summed E-state index contributed by atoms with van der Waals surface area (Å²) in [6, 6.07) is 1.60. The van der Waals surface area contributed by atoms with Crippen LogP contribution in [-0.4, -0.2) is 22.2 Å². The van der Waals surface area contributed by atoms with Crippen molar-refractivity contribution in [3.8, 4) is 18.1 Å². The van der Waals surface area contributed by atoms with Gasteiger partial charge in [0.15, 0.2) is 11.8 Å². The summed E-state index contributed by atoms with van der Waals surface area (Å²) in [6.45, 7) is 3.38. The van der Waals surface area contributed by atoms with Crippen LogP contribution in [0.1, 0.15) is 23.0 Å². The Hall–Kier alpha value is -2.02. The van der Waals surface area contributed by atoms with Crippen LogP contribution in [0, 0.1) is 19.3 Å². The Morgan fingerprint density at radius 1 is 1.73 bits per heavy atom. The molecule has 0 aromatic carbocycles. The number of aryl methyl sites for hydroxylation is 1. The fraction of sp³-hybridized carbons (Fsp3) is 0.273. The predicted octanol–water partition coefficient (Wildman–Crippen LogP) is 1.49. The van der Waals surface area contributed by atoms with E-state index in [1.165, 1.54) is 6.20 Å². The molecule has 0 aliphatic carbocycles. The van der Waals surface area contributed by atoms with Gasteiger partial charge in [-0.2, -0.15) is 0 Å². The van der Waals surface area contributed by atoms with Crippen molar-refractivity contribution in [1.82, 2.24) is 4.98 Å². The topological polar surface area (TPSA) is 59.4 Å². The average Bonchev–Trinajstić information content (AvgIpc) is 2.17. The molecule has 0 spiro atoms. The summed E-state index contributed by atoms with van der Waals surface area (Å²) in [5.74, 6) is 1.83. The zero-order chi connectivity index (χ0) is 11.4. The largest absolute Gasteiger partial charge is 0.477 e. The number of carbonyl (C=O) groups is 1. The second kappa shape index (κ2) is 4.47. The Morgan fingerprint density at radius 2 is 2.40 bits per heavy atom. The highest BCUT2D eigenvalue weighted by atomic mass is 16.5. The molecule has 0 radical (unpaired) electrons. The van der Waals surface area contributed by atoms with Gasteiger partial charge in [-0.3, -0.25) is 0 Å². The number of terminal acetylenes is 1. The second-order valence-electron chi connectivity index (χ2n) is 3.07. The van der Waals surface area contributed by atoms with Crippen molar-refractivity contribution < 1.29 is 14.6 Å². The zero-order valence-corrected chi connectivity index (χ0v) is 8.52. The molecule has 1 aromatic heterocycles. The normalized spacial score (nSPS) is 11.5. The molecule has 1 N–H and O–H groups in total. The minimum atomic E-state index is -1.05. The molecule has 78 valence electrons. The highest BCUT2D eigenvalue weighted by Crippen LogP contribution is 2.15. The third-order valence-electron chi connectivity index (χ3n) is 1.80. The van der Waals surface area contributed by atoms with Gasteiger partial charge in [0.05, 0.1) is 6.20 Å². The Labute approximate surface area is 87.9 Å². The molecule has 4 heteroatoms. The first-order chi connectivity index (χ1) is 7.04. The van der Waals surface area contributed by atoms with Crippen molar-refractivity contribution in [2.24, 2.45) is 0 Å². The van der Waals surface area contributed by atoms with E-state index in [2.05, 4.69) is 10.9 Å². The number of hydrogen-bond acceptors (Lipinski definition) is 3. The van der Waals surface area contributed by atoms with E-state index in [9.17, 15) is 4.79 Å². The van der Waals surface area contributed by atoms with E-state index in [0.717, 1.165) is 0 Å². The average molecular weight is 205 g/mol. The van der Waals surface area contributed by atoms with Crippen molar-refractivity contribution >= 4 is 5.97 Å². The Morgan fingerprint density at radius 3 is 2.87 bits per heavy atom. The third kappa shape index (κ3) is 2.71. The van der Waals surface area contributed by atoms with E-state index in [1.54, 1.807) is 19.9 Å². The molecule has 1 unspecified atom stereocenters. The highest BCUT2D eigenvalue weighted by molar-refractivity contribution is 5.87. The van der Waals surface area contributed by atoms with Crippen LogP contribution >= 0.6 is 0 Å². The number of hydrogen-bond donors (Lipinski definition) is 1. The molecule has 0 amide bonds. The van der Waals surface area contributed by atoms with Gasteiger partial charge in [0, 0.05) is 0 Å². The fourth-order valence-electron chi connectivity index (χ4n) is 1.08. The zero-order valence-electron chi connectivity index (χ0n) is 8.52. The molecule has 0 bridgehead atoms. The molecule has 4 nitrogen and oxygen atoms in total. The maximum absolute atomic E-state index is 10.7. The molecule has 0 aliphatic rings. The lowest BCUT2D eigenvalue weighted by molar-refractivity contribution is 0.0689. The lowest BCUT2D eigenvalue weighted by Crippen LogP contribution is -2.10. The van der Waals surface area contributed by atoms with E-state index in [4.69, 9.17) is 16.3 Å². The van der Waals surface area contributed by atoms with Gasteiger partial charge < -0.3 is 9.84 Å². The van der Waals surface area contributed by atoms with E-state index < -0.39 is 5.97 Å². The number of carboxylic acid groups (broad SMARTS) is 1. The highest BCUT2D eigenvalue weighted by Gasteiger charge is 2.10. The van der Waals surface area contributed by atoms with Crippen LogP contribution in [0.5, 0.6) is 5.75 Å². The van der Waals surface area contributed by atoms with Crippen molar-refractivity contribution in [3.05, 3.63) is 23.5 Å². The molecule has 1 atom stereocenters. The lowest BCUT2D eigenvalue weighted by Gasteiger charge is -2.09. The van der Waals surface area contributed by atoms with Crippen molar-refractivity contribution in [3.63, 3.8) is 0 Å². The molecular weight excluding hydrogens is 194 g/mol. The van der Waals surface area contributed by atoms with Crippen LogP contribution in [-0.2, 0) is 0 Å². The van der Waals surface area contributed by atoms with Gasteiger partial charge in [-0.1, -0.05) is 5.92 Å². The van der Waals surface area contributed by atoms with Crippen LogP contribution in [0.25, 0.3) is 0 Å². The molecule has 1 aromatic rings. The smallest absolute Gasteiger partial charge is 0.354 e. The summed E-state index contributed by atoms with van der Waals surface area (Å²) in [5, 5.41) is 8.75. The summed E-state index contributed by atoms with van der Waals surface area (Å²) in [4.78, 5) is 14.4. The van der Waals surface area contributed by atoms with E-state index in [1.807, 2.05) is 0 Å². The first kappa shape index (κ1) is 11.1. The van der Waals surface area contributed by atoms with E-state index in [-0.39, 0.29) is 11.8 Å². The number of pyridine rings is 1. The Bertz CT molecular complexity index is 420. The molecule has 1 heterocycles. The van der Waals surface area contributed by atoms with E-state index in [0.29, 0.717) is 11.3 Å². The fourth-order valence-corrected chi connectivity index (χ4v) is 1.08. The van der Waals surface area contributed by atoms with Crippen LogP contribution in [0.3, 0.4) is 0 Å². The maximum Gasteiger partial charge on any atom is 0.354 e. The van der Waals surface area contributed by atoms with Gasteiger partial charge in [0.1, 0.15) is 5.75 Å². The van der Waals surface area contributed by atoms with Crippen LogP contribution in [0.15, 0.2) is 12.3 Å². The number of nitrogens with zero attached hydrogens (tertiary/aromatic N) is 1. The molecule has 0 saturated carbocycles. The third-order valence-corrected chi connectivity index (χ3v) is 1.80. The number of aromatic nitrogens is 1. The van der Waals surface area contributed by atoms with Gasteiger partial charge in [0.25, 0.3) is 0 Å². The first-order valence-electron chi connectivity index (χ1n) is 4.37. The quantitative estimate of drug-likeness (QED) is 0.759. The number of carboxylic acids is 1. The van der Waals surface area contributed by atoms with Gasteiger partial charge in [-0.25, -0.2) is 9.78 Å². The minimum absolute atomic E-state index is 0.0238. The van der Waals surface area contributed by atoms with Crippen LogP contribution in [0.2, 0.25) is 0 Å². The first-order valence-corrected chi connectivity index (χ1v) is 4.37. The van der Waals surface area contributed by atoms with E-state index >= 15 is 0 Å². The standard InChI is InChI=1S/C11H11NO3/c1-4-8(3)15-9-5-7(2)10(11(13)14)12-6-9/h1,5-6,8H,2-3H3,(H,13,14). The van der Waals surface area contributed by atoms with Crippen molar-refractivity contribution in [2.75, 3.05) is 0 Å². The summed E-state index contributed by atoms with van der Waals surface area (Å²) < 4.78 is 5.29. The summed E-state index contributed by atoms with van der Waals surface area (Å²) in [5.41, 5.74) is 0.569. The SMILES string of the molecule is C#CC(C)Oc1cnc(C(=O)O)c(C)c1. The summed E-state index contributed by atoms with van der Waals surface area (Å²) in [7, 11) is 0. The van der Waals surface area contributed by atoms with Crippen molar-refractivity contribution in [2.45, 2.75) is 20.0 Å². The molecule has 0 aliphatic heterocycles. The van der Waals surface area contributed by atoms with Crippen LogP contribution in [0.4, 0.5) is 0 Å². The molecule has 1 rings (SSSR count). The number of rotatable bonds is 3. The van der Waals surface area contributed by atoms with Gasteiger partial charge in [-0.15, -0.1) is 6.42 Å². The molecule has 0 fully saturated rings. The molecule has 0 saturated heterocycles. The molecule has 15 heavy (non-hydrogen) atoms. The minimum Gasteiger partial charge on any atom is -0.477 e. The Balaban J connectivity index is 2.93. The summed E-state index contributed by atoms with van der Waals surface area (Å²) in [6.07, 6.45) is 6.14. The van der Waals surface area contributed by atoms with Crippen molar-refractivity contribution in [1.29, 1.82) is 0 Å². The number of aromatic carboxylic acids is 1. The van der Waals surface area contributed by atoms with Gasteiger partial charge in [0.2, 0.25) is 0 Å². The Kier molecular flexibility index (Phi) is 3.29. The van der Waals surface area contributed by atoms with Crippen LogP contribution < -0.4 is 4.74 Å². The lowest BCUT2D eigenvalue weighted by atomic mass is 10.2. The monoisotopic (exact) mass is 205 g/mol. The predicted molar refractivity (Wildman–Crippen MR) is 54.9 cm³/mol.